The maximum Gasteiger partial charge on any atom is 0.335 e. The Hall–Kier alpha value is -2.40. The highest BCUT2D eigenvalue weighted by atomic mass is 32.1. The maximum absolute atomic E-state index is 10.7. The van der Waals surface area contributed by atoms with Crippen molar-refractivity contribution in [2.24, 2.45) is 5.73 Å². The lowest BCUT2D eigenvalue weighted by Crippen LogP contribution is -2.09. The first-order valence-corrected chi connectivity index (χ1v) is 6.32. The molecule has 0 atom stereocenters. The Morgan fingerprint density at radius 2 is 1.85 bits per heavy atom. The van der Waals surface area contributed by atoms with Crippen LogP contribution in [0.1, 0.15) is 21.5 Å². The van der Waals surface area contributed by atoms with Gasteiger partial charge < -0.3 is 15.6 Å². The SMILES string of the molecule is NC(=S)c1cccc(OCc2ccc(C(=O)O)cc2)c1. The highest BCUT2D eigenvalue weighted by Crippen LogP contribution is 2.15. The number of carboxylic acid groups (broad SMARTS) is 1. The van der Waals surface area contributed by atoms with Crippen LogP contribution in [0, 0.1) is 0 Å². The number of carbonyl (C=O) groups is 1. The number of hydrogen-bond donors (Lipinski definition) is 2. The molecule has 4 nitrogen and oxygen atoms in total. The number of benzene rings is 2. The number of rotatable bonds is 5. The fourth-order valence-electron chi connectivity index (χ4n) is 1.65. The first-order chi connectivity index (χ1) is 9.56. The molecule has 2 rings (SSSR count). The third kappa shape index (κ3) is 3.55. The molecule has 0 saturated heterocycles. The van der Waals surface area contributed by atoms with Gasteiger partial charge in [0, 0.05) is 5.56 Å². The fourth-order valence-corrected chi connectivity index (χ4v) is 1.78. The molecule has 0 aliphatic heterocycles. The van der Waals surface area contributed by atoms with Crippen LogP contribution in [0.25, 0.3) is 0 Å². The van der Waals surface area contributed by atoms with Gasteiger partial charge in [-0.2, -0.15) is 0 Å². The standard InChI is InChI=1S/C15H13NO3S/c16-14(20)12-2-1-3-13(8-12)19-9-10-4-6-11(7-5-10)15(17)18/h1-8H,9H2,(H2,16,20)(H,17,18). The number of nitrogens with two attached hydrogens (primary N) is 1. The van der Waals surface area contributed by atoms with Crippen LogP contribution in [-0.4, -0.2) is 16.1 Å². The largest absolute Gasteiger partial charge is 0.489 e. The van der Waals surface area contributed by atoms with Gasteiger partial charge >= 0.3 is 5.97 Å². The Balaban J connectivity index is 2.03. The van der Waals surface area contributed by atoms with Crippen LogP contribution in [-0.2, 0) is 6.61 Å². The van der Waals surface area contributed by atoms with Crippen molar-refractivity contribution in [1.82, 2.24) is 0 Å². The summed E-state index contributed by atoms with van der Waals surface area (Å²) in [6, 6.07) is 13.8. The molecule has 3 N–H and O–H groups in total. The molecular weight excluding hydrogens is 274 g/mol. The van der Waals surface area contributed by atoms with Gasteiger partial charge in [-0.1, -0.05) is 36.5 Å². The van der Waals surface area contributed by atoms with Crippen molar-refractivity contribution < 1.29 is 14.6 Å². The summed E-state index contributed by atoms with van der Waals surface area (Å²) in [5.74, 6) is -0.278. The van der Waals surface area contributed by atoms with Crippen LogP contribution in [0.2, 0.25) is 0 Å². The first kappa shape index (κ1) is 14.0. The quantitative estimate of drug-likeness (QED) is 0.827. The fraction of sp³-hybridized carbons (Fsp3) is 0.0667. The Kier molecular flexibility index (Phi) is 4.32. The normalized spacial score (nSPS) is 10.0. The highest BCUT2D eigenvalue weighted by Gasteiger charge is 2.03. The molecule has 0 fully saturated rings. The maximum atomic E-state index is 10.7. The van der Waals surface area contributed by atoms with Gasteiger partial charge in [-0.15, -0.1) is 0 Å². The van der Waals surface area contributed by atoms with Crippen molar-refractivity contribution >= 4 is 23.2 Å². The van der Waals surface area contributed by atoms with E-state index in [0.29, 0.717) is 17.3 Å². The molecule has 0 aromatic heterocycles. The lowest BCUT2D eigenvalue weighted by atomic mass is 10.1. The number of hydrogen-bond acceptors (Lipinski definition) is 3. The molecule has 102 valence electrons. The third-order valence-corrected chi connectivity index (χ3v) is 2.96. The summed E-state index contributed by atoms with van der Waals surface area (Å²) in [6.07, 6.45) is 0. The van der Waals surface area contributed by atoms with E-state index in [1.54, 1.807) is 30.3 Å². The minimum Gasteiger partial charge on any atom is -0.489 e. The molecule has 0 spiro atoms. The van der Waals surface area contributed by atoms with Gasteiger partial charge in [-0.3, -0.25) is 0 Å². The molecule has 0 heterocycles. The molecule has 0 saturated carbocycles. The molecule has 0 bridgehead atoms. The number of thiocarbonyl (C=S) groups is 1. The number of aromatic carboxylic acids is 1. The minimum absolute atomic E-state index is 0.254. The van der Waals surface area contributed by atoms with E-state index >= 15 is 0 Å². The highest BCUT2D eigenvalue weighted by molar-refractivity contribution is 7.80. The molecule has 20 heavy (non-hydrogen) atoms. The van der Waals surface area contributed by atoms with Gasteiger partial charge in [0.2, 0.25) is 0 Å². The smallest absolute Gasteiger partial charge is 0.335 e. The Morgan fingerprint density at radius 1 is 1.15 bits per heavy atom. The Bertz CT molecular complexity index is 638. The summed E-state index contributed by atoms with van der Waals surface area (Å²) < 4.78 is 5.62. The van der Waals surface area contributed by atoms with E-state index in [-0.39, 0.29) is 5.56 Å². The zero-order valence-electron chi connectivity index (χ0n) is 10.6. The molecular formula is C15H13NO3S. The van der Waals surface area contributed by atoms with Crippen molar-refractivity contribution in [3.05, 3.63) is 65.2 Å². The molecule has 0 aliphatic rings. The predicted molar refractivity (Wildman–Crippen MR) is 80.1 cm³/mol. The van der Waals surface area contributed by atoms with Crippen molar-refractivity contribution in [1.29, 1.82) is 0 Å². The van der Waals surface area contributed by atoms with Crippen LogP contribution in [0.4, 0.5) is 0 Å². The van der Waals surface area contributed by atoms with Gasteiger partial charge in [-0.25, -0.2) is 4.79 Å². The average molecular weight is 287 g/mol. The summed E-state index contributed by atoms with van der Waals surface area (Å²) in [4.78, 5) is 11.1. The van der Waals surface area contributed by atoms with Crippen LogP contribution in [0.3, 0.4) is 0 Å². The van der Waals surface area contributed by atoms with Crippen LogP contribution in [0.5, 0.6) is 5.75 Å². The van der Waals surface area contributed by atoms with Crippen molar-refractivity contribution in [2.75, 3.05) is 0 Å². The van der Waals surface area contributed by atoms with E-state index in [2.05, 4.69) is 0 Å². The summed E-state index contributed by atoms with van der Waals surface area (Å²) in [5, 5.41) is 8.81. The summed E-state index contributed by atoms with van der Waals surface area (Å²) in [7, 11) is 0. The van der Waals surface area contributed by atoms with Crippen molar-refractivity contribution in [2.45, 2.75) is 6.61 Å². The van der Waals surface area contributed by atoms with Gasteiger partial charge in [0.1, 0.15) is 17.3 Å². The number of carboxylic acids is 1. The Morgan fingerprint density at radius 3 is 2.45 bits per heavy atom. The molecule has 5 heteroatoms. The molecule has 0 unspecified atom stereocenters. The summed E-state index contributed by atoms with van der Waals surface area (Å²) >= 11 is 4.90. The van der Waals surface area contributed by atoms with Crippen LogP contribution >= 0.6 is 12.2 Å². The zero-order valence-corrected chi connectivity index (χ0v) is 11.4. The Labute approximate surface area is 121 Å². The second-order valence-electron chi connectivity index (χ2n) is 4.18. The summed E-state index contributed by atoms with van der Waals surface area (Å²) in [6.45, 7) is 0.348. The van der Waals surface area contributed by atoms with E-state index in [4.69, 9.17) is 27.8 Å². The monoisotopic (exact) mass is 287 g/mol. The van der Waals surface area contributed by atoms with E-state index in [0.717, 1.165) is 11.1 Å². The third-order valence-electron chi connectivity index (χ3n) is 2.72. The van der Waals surface area contributed by atoms with E-state index < -0.39 is 5.97 Å². The van der Waals surface area contributed by atoms with E-state index in [1.807, 2.05) is 18.2 Å². The van der Waals surface area contributed by atoms with Gasteiger partial charge in [0.05, 0.1) is 5.56 Å². The van der Waals surface area contributed by atoms with E-state index in [9.17, 15) is 4.79 Å². The first-order valence-electron chi connectivity index (χ1n) is 5.91. The van der Waals surface area contributed by atoms with Gasteiger partial charge in [0.25, 0.3) is 0 Å². The second kappa shape index (κ2) is 6.16. The van der Waals surface area contributed by atoms with Crippen molar-refractivity contribution in [3.63, 3.8) is 0 Å². The van der Waals surface area contributed by atoms with Crippen LogP contribution < -0.4 is 10.5 Å². The predicted octanol–water partition coefficient (Wildman–Crippen LogP) is 2.60. The minimum atomic E-state index is -0.943. The molecule has 0 radical (unpaired) electrons. The number of ether oxygens (including phenoxy) is 1. The average Bonchev–Trinajstić information content (AvgIpc) is 2.46. The van der Waals surface area contributed by atoms with Crippen LogP contribution in [0.15, 0.2) is 48.5 Å². The lowest BCUT2D eigenvalue weighted by Gasteiger charge is -2.08. The molecule has 2 aromatic carbocycles. The van der Waals surface area contributed by atoms with Gasteiger partial charge in [0.15, 0.2) is 0 Å². The molecule has 0 amide bonds. The topological polar surface area (TPSA) is 72.5 Å². The van der Waals surface area contributed by atoms with E-state index in [1.165, 1.54) is 0 Å². The molecule has 0 aliphatic carbocycles. The lowest BCUT2D eigenvalue weighted by molar-refractivity contribution is 0.0697. The zero-order chi connectivity index (χ0) is 14.5. The van der Waals surface area contributed by atoms with Gasteiger partial charge in [-0.05, 0) is 29.8 Å². The molecule has 2 aromatic rings. The second-order valence-corrected chi connectivity index (χ2v) is 4.62. The summed E-state index contributed by atoms with van der Waals surface area (Å²) in [5.41, 5.74) is 7.44. The van der Waals surface area contributed by atoms with Crippen molar-refractivity contribution in [3.8, 4) is 5.75 Å².